The van der Waals surface area contributed by atoms with E-state index in [1.165, 1.54) is 30.7 Å². The Balaban J connectivity index is 1.10. The highest BCUT2D eigenvalue weighted by Gasteiger charge is 2.43. The van der Waals surface area contributed by atoms with E-state index in [1.807, 2.05) is 67.8 Å². The highest BCUT2D eigenvalue weighted by molar-refractivity contribution is 6.31. The molecule has 0 unspecified atom stereocenters. The van der Waals surface area contributed by atoms with Gasteiger partial charge in [-0.3, -0.25) is 24.1 Å². The fourth-order valence-corrected chi connectivity index (χ4v) is 10.1. The monoisotopic (exact) mass is 950 g/mol. The van der Waals surface area contributed by atoms with E-state index in [-0.39, 0.29) is 41.6 Å². The number of hydrogen-bond acceptors (Lipinski definition) is 8. The third-order valence-electron chi connectivity index (χ3n) is 13.6. The molecule has 352 valence electrons. The number of fused-ring (bicyclic) bond motifs is 2. The van der Waals surface area contributed by atoms with Gasteiger partial charge in [-0.2, -0.15) is 0 Å². The van der Waals surface area contributed by atoms with Crippen molar-refractivity contribution in [3.05, 3.63) is 136 Å². The van der Waals surface area contributed by atoms with Crippen LogP contribution in [0.2, 0.25) is 10.0 Å². The number of carbonyl (C=O) groups is 4. The summed E-state index contributed by atoms with van der Waals surface area (Å²) in [6, 6.07) is 25.4. The molecule has 2 N–H and O–H groups in total. The van der Waals surface area contributed by atoms with Crippen molar-refractivity contribution in [1.82, 2.24) is 29.6 Å². The summed E-state index contributed by atoms with van der Waals surface area (Å²) in [6.07, 6.45) is 5.23. The van der Waals surface area contributed by atoms with Crippen LogP contribution in [-0.2, 0) is 52.2 Å². The van der Waals surface area contributed by atoms with E-state index >= 15 is 4.39 Å². The lowest BCUT2D eigenvalue weighted by atomic mass is 9.81. The number of halogens is 3. The molecule has 1 aromatic heterocycles. The minimum atomic E-state index is -1.20. The number of piperidine rings is 1. The number of likely N-dealkylation sites (tertiary alicyclic amines) is 1. The molecule has 0 saturated carbocycles. The molecule has 67 heavy (non-hydrogen) atoms. The number of hydrogen-bond donors (Lipinski definition) is 2. The summed E-state index contributed by atoms with van der Waals surface area (Å²) in [5, 5.41) is 14.4. The second-order valence-corrected chi connectivity index (χ2v) is 19.2. The summed E-state index contributed by atoms with van der Waals surface area (Å²) in [7, 11) is 1.99. The fourth-order valence-electron chi connectivity index (χ4n) is 9.79. The van der Waals surface area contributed by atoms with Crippen molar-refractivity contribution in [3.63, 3.8) is 0 Å². The summed E-state index contributed by atoms with van der Waals surface area (Å²) in [5.41, 5.74) is 2.59. The number of benzene rings is 4. The molecule has 5 aromatic rings. The average Bonchev–Trinajstić information content (AvgIpc) is 3.97. The maximum atomic E-state index is 16.3. The second-order valence-electron chi connectivity index (χ2n) is 18.4. The van der Waals surface area contributed by atoms with E-state index in [4.69, 9.17) is 27.9 Å². The first-order valence-corrected chi connectivity index (χ1v) is 23.8. The van der Waals surface area contributed by atoms with Crippen molar-refractivity contribution in [2.45, 2.75) is 83.0 Å². The summed E-state index contributed by atoms with van der Waals surface area (Å²) < 4.78 is 24.7. The minimum Gasteiger partial charge on any atom is -0.457 e. The smallest absolute Gasteiger partial charge is 0.226 e. The van der Waals surface area contributed by atoms with Crippen molar-refractivity contribution in [2.24, 2.45) is 18.9 Å². The first kappa shape index (κ1) is 47.9. The third kappa shape index (κ3) is 11.4. The quantitative estimate of drug-likeness (QED) is 0.128. The number of carbonyl (C=O) groups excluding carboxylic acids is 4. The largest absolute Gasteiger partial charge is 0.457 e. The number of ether oxygens (including phenoxy) is 1. The van der Waals surface area contributed by atoms with Gasteiger partial charge in [0.2, 0.25) is 17.7 Å². The van der Waals surface area contributed by atoms with Gasteiger partial charge in [0.05, 0.1) is 55.0 Å². The molecule has 0 spiro atoms. The summed E-state index contributed by atoms with van der Waals surface area (Å²) >= 11 is 12.6. The van der Waals surface area contributed by atoms with Crippen LogP contribution in [0, 0.1) is 17.7 Å². The topological polar surface area (TPSA) is 137 Å². The molecule has 3 amide bonds. The van der Waals surface area contributed by atoms with Crippen LogP contribution < -0.4 is 10.1 Å². The molecule has 0 aliphatic carbocycles. The number of aromatic nitrogens is 2. The van der Waals surface area contributed by atoms with Crippen LogP contribution in [0.4, 0.5) is 4.39 Å². The van der Waals surface area contributed by atoms with Gasteiger partial charge in [0.25, 0.3) is 0 Å². The van der Waals surface area contributed by atoms with Crippen LogP contribution in [0.15, 0.2) is 97.2 Å². The van der Waals surface area contributed by atoms with Gasteiger partial charge < -0.3 is 29.5 Å². The van der Waals surface area contributed by atoms with Gasteiger partial charge in [0, 0.05) is 54.2 Å². The molecule has 0 radical (unpaired) electrons. The van der Waals surface area contributed by atoms with Crippen LogP contribution >= 0.6 is 23.2 Å². The first-order chi connectivity index (χ1) is 32.3. The third-order valence-corrected chi connectivity index (χ3v) is 14.1. The summed E-state index contributed by atoms with van der Waals surface area (Å²) in [6.45, 7) is 3.90. The normalized spacial score (nSPS) is 22.2. The van der Waals surface area contributed by atoms with Crippen molar-refractivity contribution in [1.29, 1.82) is 0 Å². The zero-order valence-corrected chi connectivity index (χ0v) is 39.4. The molecule has 3 saturated heterocycles. The van der Waals surface area contributed by atoms with Crippen LogP contribution in [0.3, 0.4) is 0 Å². The van der Waals surface area contributed by atoms with Gasteiger partial charge in [-0.1, -0.05) is 65.7 Å². The number of aliphatic hydroxyl groups is 1. The zero-order valence-electron chi connectivity index (χ0n) is 37.9. The Hall–Kier alpha value is -5.60. The minimum absolute atomic E-state index is 0.0351. The Kier molecular flexibility index (Phi) is 15.1. The van der Waals surface area contributed by atoms with Crippen LogP contribution in [0.25, 0.3) is 11.3 Å². The lowest BCUT2D eigenvalue weighted by Crippen LogP contribution is -2.63. The number of nitrogens with one attached hydrogen (secondary N) is 1. The molecule has 3 aliphatic rings. The van der Waals surface area contributed by atoms with E-state index in [0.29, 0.717) is 36.6 Å². The number of ketones is 1. The molecule has 12 nitrogen and oxygen atoms in total. The maximum absolute atomic E-state index is 16.3. The molecule has 4 heterocycles. The Labute approximate surface area is 401 Å². The van der Waals surface area contributed by atoms with Crippen molar-refractivity contribution in [2.75, 3.05) is 32.8 Å². The fraction of sp³-hybridized carbons (Fsp3) is 0.404. The van der Waals surface area contributed by atoms with E-state index in [1.54, 1.807) is 29.2 Å². The van der Waals surface area contributed by atoms with Crippen LogP contribution in [-0.4, -0.2) is 97.2 Å². The Morgan fingerprint density at radius 3 is 2.30 bits per heavy atom. The number of imidazole rings is 1. The Bertz CT molecular complexity index is 2570. The average molecular weight is 952 g/mol. The molecular weight excluding hydrogens is 895 g/mol. The van der Waals surface area contributed by atoms with Crippen molar-refractivity contribution in [3.8, 4) is 22.8 Å². The lowest BCUT2D eigenvalue weighted by Gasteiger charge is -2.45. The van der Waals surface area contributed by atoms with E-state index < -0.39 is 66.4 Å². The van der Waals surface area contributed by atoms with E-state index in [9.17, 15) is 24.3 Å². The Morgan fingerprint density at radius 2 is 1.58 bits per heavy atom. The number of Topliss-reactive ketones (excluding diaryl/α,β-unsaturated/α-hetero) is 1. The zero-order chi connectivity index (χ0) is 47.2. The molecular formula is C52H57Cl2FN6O6. The Morgan fingerprint density at radius 1 is 0.851 bits per heavy atom. The van der Waals surface area contributed by atoms with E-state index in [2.05, 4.69) is 19.8 Å². The molecule has 4 aromatic carbocycles. The molecule has 15 heteroatoms. The summed E-state index contributed by atoms with van der Waals surface area (Å²) in [4.78, 5) is 68.4. The van der Waals surface area contributed by atoms with Gasteiger partial charge in [-0.05, 0) is 118 Å². The highest BCUT2D eigenvalue weighted by atomic mass is 35.5. The first-order valence-electron chi connectivity index (χ1n) is 23.1. The molecule has 8 rings (SSSR count). The predicted molar refractivity (Wildman–Crippen MR) is 255 cm³/mol. The molecule has 3 fully saturated rings. The SMILES string of the molecule is C[C@H]1C(=O)C[C@@H](CO)C(=O)N[C@@]2(Cc3ccc(Cl)cc3)CCCN(C2)C(=O)[C@H](Cc2ccccc2)CC(=O)N1Cc1c(F)cc(Cl)cc1Oc1ccc(-c2cnc(CN3CCCC3)n2C)cc1. The second kappa shape index (κ2) is 21.1. The number of aliphatic hydroxyl groups excluding tert-OH is 1. The maximum Gasteiger partial charge on any atom is 0.226 e. The van der Waals surface area contributed by atoms with Crippen LogP contribution in [0.1, 0.15) is 68.0 Å². The molecule has 2 bridgehead atoms. The number of rotatable bonds is 12. The van der Waals surface area contributed by atoms with Crippen LogP contribution in [0.5, 0.6) is 11.5 Å². The van der Waals surface area contributed by atoms with Crippen molar-refractivity contribution >= 4 is 46.7 Å². The van der Waals surface area contributed by atoms with E-state index in [0.717, 1.165) is 53.9 Å². The highest BCUT2D eigenvalue weighted by Crippen LogP contribution is 2.35. The summed E-state index contributed by atoms with van der Waals surface area (Å²) in [5.74, 6) is -3.31. The van der Waals surface area contributed by atoms with Gasteiger partial charge in [-0.25, -0.2) is 9.37 Å². The van der Waals surface area contributed by atoms with Crippen molar-refractivity contribution < 1.29 is 33.4 Å². The van der Waals surface area contributed by atoms with Gasteiger partial charge in [0.15, 0.2) is 5.78 Å². The standard InChI is InChI=1S/C52H57Cl2FN6O6/c1-34-46(63)24-39(32-62)50(65)57-52(28-36-11-15-40(53)16-12-36)19-8-22-60(33-52)51(66)38(23-35-9-4-3-5-10-35)25-49(64)61(34)30-43-44(55)26-41(54)27-47(43)67-42-17-13-37(14-18-42)45-29-56-48(58(45)2)31-59-20-6-7-21-59/h3-5,9-18,26-27,29,34,38-39,62H,6-8,19-25,28,30-33H2,1-2H3,(H,57,65)/t34-,38+,39-,52+/m0/s1. The molecule has 3 aliphatic heterocycles. The number of nitrogens with zero attached hydrogens (tertiary/aromatic N) is 5. The lowest BCUT2D eigenvalue weighted by molar-refractivity contribution is -0.147. The molecule has 4 atom stereocenters. The van der Waals surface area contributed by atoms with Gasteiger partial charge in [-0.15, -0.1) is 0 Å². The van der Waals surface area contributed by atoms with Gasteiger partial charge >= 0.3 is 0 Å². The number of amides is 3. The van der Waals surface area contributed by atoms with Gasteiger partial charge in [0.1, 0.15) is 23.1 Å². The predicted octanol–water partition coefficient (Wildman–Crippen LogP) is 8.19.